The summed E-state index contributed by atoms with van der Waals surface area (Å²) in [7, 11) is 1.90. The van der Waals surface area contributed by atoms with Crippen molar-refractivity contribution in [2.45, 2.75) is 6.04 Å². The zero-order valence-electron chi connectivity index (χ0n) is 14.1. The lowest BCUT2D eigenvalue weighted by atomic mass is 10.1. The number of benzene rings is 2. The molecule has 6 heteroatoms. The Hall–Kier alpha value is -2.37. The van der Waals surface area contributed by atoms with E-state index in [4.69, 9.17) is 11.6 Å². The van der Waals surface area contributed by atoms with Crippen molar-refractivity contribution < 1.29 is 4.79 Å². The van der Waals surface area contributed by atoms with Crippen LogP contribution in [0.25, 0.3) is 6.08 Å². The largest absolute Gasteiger partial charge is 0.339 e. The van der Waals surface area contributed by atoms with E-state index in [-0.39, 0.29) is 11.9 Å². The van der Waals surface area contributed by atoms with Crippen molar-refractivity contribution in [2.75, 3.05) is 0 Å². The van der Waals surface area contributed by atoms with Crippen LogP contribution in [0.3, 0.4) is 0 Å². The van der Waals surface area contributed by atoms with E-state index in [2.05, 4.69) is 26.2 Å². The number of hydrogen-bond donors (Lipinski definition) is 1. The summed E-state index contributed by atoms with van der Waals surface area (Å²) in [5.74, 6) is 0.550. The van der Waals surface area contributed by atoms with Crippen molar-refractivity contribution in [3.05, 3.63) is 93.4 Å². The Morgan fingerprint density at radius 1 is 1.19 bits per heavy atom. The van der Waals surface area contributed by atoms with Crippen molar-refractivity contribution in [2.24, 2.45) is 7.05 Å². The van der Waals surface area contributed by atoms with Crippen molar-refractivity contribution in [1.29, 1.82) is 0 Å². The lowest BCUT2D eigenvalue weighted by Crippen LogP contribution is -2.29. The number of nitrogens with zero attached hydrogens (tertiary/aromatic N) is 2. The minimum absolute atomic E-state index is 0.198. The second kappa shape index (κ2) is 8.34. The summed E-state index contributed by atoms with van der Waals surface area (Å²) in [4.78, 5) is 16.9. The van der Waals surface area contributed by atoms with Crippen molar-refractivity contribution in [3.63, 3.8) is 0 Å². The number of amides is 1. The van der Waals surface area contributed by atoms with Gasteiger partial charge in [-0.3, -0.25) is 4.79 Å². The van der Waals surface area contributed by atoms with Crippen LogP contribution in [0.1, 0.15) is 23.0 Å². The van der Waals surface area contributed by atoms with E-state index in [1.807, 2.05) is 54.2 Å². The number of carbonyl (C=O) groups excluding carboxylic acids is 1. The molecule has 0 aliphatic carbocycles. The molecule has 1 heterocycles. The summed E-state index contributed by atoms with van der Waals surface area (Å²) >= 11 is 9.38. The molecule has 3 aromatic rings. The lowest BCUT2D eigenvalue weighted by molar-refractivity contribution is -0.117. The van der Waals surface area contributed by atoms with Gasteiger partial charge in [-0.2, -0.15) is 0 Å². The van der Waals surface area contributed by atoms with Gasteiger partial charge in [0.1, 0.15) is 11.9 Å². The van der Waals surface area contributed by atoms with Gasteiger partial charge in [-0.25, -0.2) is 4.98 Å². The maximum absolute atomic E-state index is 12.5. The summed E-state index contributed by atoms with van der Waals surface area (Å²) in [6.45, 7) is 0. The molecule has 1 N–H and O–H groups in total. The number of imidazole rings is 1. The molecular formula is C20H17BrClN3O. The predicted octanol–water partition coefficient (Wildman–Crippen LogP) is 4.76. The number of aromatic nitrogens is 2. The van der Waals surface area contributed by atoms with Crippen LogP contribution in [0, 0.1) is 0 Å². The second-order valence-electron chi connectivity index (χ2n) is 5.77. The first-order valence-corrected chi connectivity index (χ1v) is 9.17. The molecule has 132 valence electrons. The van der Waals surface area contributed by atoms with E-state index in [9.17, 15) is 4.79 Å². The summed E-state index contributed by atoms with van der Waals surface area (Å²) in [6, 6.07) is 14.7. The fraction of sp³-hybridized carbons (Fsp3) is 0.100. The predicted molar refractivity (Wildman–Crippen MR) is 108 cm³/mol. The van der Waals surface area contributed by atoms with Crippen molar-refractivity contribution in [3.8, 4) is 0 Å². The molecule has 26 heavy (non-hydrogen) atoms. The molecule has 2 aromatic carbocycles. The third-order valence-electron chi connectivity index (χ3n) is 3.90. The molecule has 4 nitrogen and oxygen atoms in total. The quantitative estimate of drug-likeness (QED) is 0.594. The highest BCUT2D eigenvalue weighted by atomic mass is 79.9. The SMILES string of the molecule is Cn1ccnc1C(NC(=O)/C=C/c1ccc(Br)cc1)c1ccc(Cl)cc1. The molecule has 0 bridgehead atoms. The number of carbonyl (C=O) groups is 1. The Morgan fingerprint density at radius 3 is 2.50 bits per heavy atom. The van der Waals surface area contributed by atoms with Gasteiger partial charge in [0.2, 0.25) is 5.91 Å². The van der Waals surface area contributed by atoms with Crippen LogP contribution >= 0.6 is 27.5 Å². The van der Waals surface area contributed by atoms with E-state index in [1.165, 1.54) is 6.08 Å². The lowest BCUT2D eigenvalue weighted by Gasteiger charge is -2.18. The van der Waals surface area contributed by atoms with Crippen LogP contribution in [0.2, 0.25) is 5.02 Å². The van der Waals surface area contributed by atoms with Gasteiger partial charge in [0.05, 0.1) is 0 Å². The monoisotopic (exact) mass is 429 g/mol. The molecule has 1 unspecified atom stereocenters. The van der Waals surface area contributed by atoms with Gasteiger partial charge in [-0.15, -0.1) is 0 Å². The first-order valence-electron chi connectivity index (χ1n) is 8.00. The second-order valence-corrected chi connectivity index (χ2v) is 7.13. The maximum atomic E-state index is 12.5. The molecule has 0 saturated heterocycles. The third-order valence-corrected chi connectivity index (χ3v) is 4.68. The summed E-state index contributed by atoms with van der Waals surface area (Å²) in [5.41, 5.74) is 1.86. The van der Waals surface area contributed by atoms with Crippen LogP contribution in [-0.4, -0.2) is 15.5 Å². The minimum atomic E-state index is -0.366. The number of nitrogens with one attached hydrogen (secondary N) is 1. The first-order chi connectivity index (χ1) is 12.5. The topological polar surface area (TPSA) is 46.9 Å². The van der Waals surface area contributed by atoms with E-state index in [0.29, 0.717) is 5.02 Å². The zero-order chi connectivity index (χ0) is 18.5. The molecule has 1 aromatic heterocycles. The van der Waals surface area contributed by atoms with Gasteiger partial charge in [-0.1, -0.05) is 51.8 Å². The number of aryl methyl sites for hydroxylation is 1. The maximum Gasteiger partial charge on any atom is 0.244 e. The molecule has 0 spiro atoms. The van der Waals surface area contributed by atoms with Gasteiger partial charge >= 0.3 is 0 Å². The highest BCUT2D eigenvalue weighted by Gasteiger charge is 2.19. The molecule has 0 fully saturated rings. The van der Waals surface area contributed by atoms with Crippen LogP contribution < -0.4 is 5.32 Å². The van der Waals surface area contributed by atoms with Crippen LogP contribution in [0.5, 0.6) is 0 Å². The molecule has 0 radical (unpaired) electrons. The highest BCUT2D eigenvalue weighted by Crippen LogP contribution is 2.22. The normalized spacial score (nSPS) is 12.3. The van der Waals surface area contributed by atoms with Crippen LogP contribution in [-0.2, 0) is 11.8 Å². The van der Waals surface area contributed by atoms with E-state index in [0.717, 1.165) is 21.4 Å². The fourth-order valence-corrected chi connectivity index (χ4v) is 2.93. The Bertz CT molecular complexity index is 917. The van der Waals surface area contributed by atoms with E-state index < -0.39 is 0 Å². The van der Waals surface area contributed by atoms with Crippen molar-refractivity contribution >= 4 is 39.5 Å². The minimum Gasteiger partial charge on any atom is -0.339 e. The van der Waals surface area contributed by atoms with Gasteiger partial charge in [0, 0.05) is 35.0 Å². The molecule has 3 rings (SSSR count). The average Bonchev–Trinajstić information content (AvgIpc) is 3.06. The third kappa shape index (κ3) is 4.62. The fourth-order valence-electron chi connectivity index (χ4n) is 2.54. The Balaban J connectivity index is 1.81. The number of hydrogen-bond acceptors (Lipinski definition) is 2. The van der Waals surface area contributed by atoms with E-state index in [1.54, 1.807) is 24.4 Å². The molecule has 1 amide bonds. The highest BCUT2D eigenvalue weighted by molar-refractivity contribution is 9.10. The summed E-state index contributed by atoms with van der Waals surface area (Å²) in [6.07, 6.45) is 6.86. The smallest absolute Gasteiger partial charge is 0.244 e. The summed E-state index contributed by atoms with van der Waals surface area (Å²) < 4.78 is 2.88. The Labute approximate surface area is 165 Å². The first kappa shape index (κ1) is 18.4. The van der Waals surface area contributed by atoms with E-state index >= 15 is 0 Å². The standard InChI is InChI=1S/C20H17BrClN3O/c1-25-13-12-23-20(25)19(15-5-9-17(22)10-6-15)24-18(26)11-4-14-2-7-16(21)8-3-14/h2-13,19H,1H3,(H,24,26)/b11-4+. The molecule has 1 atom stereocenters. The molecular weight excluding hydrogens is 414 g/mol. The Kier molecular flexibility index (Phi) is 5.91. The number of halogens is 2. The zero-order valence-corrected chi connectivity index (χ0v) is 16.4. The Morgan fingerprint density at radius 2 is 1.88 bits per heavy atom. The van der Waals surface area contributed by atoms with Crippen LogP contribution in [0.15, 0.2) is 71.5 Å². The van der Waals surface area contributed by atoms with Gasteiger partial charge in [0.25, 0.3) is 0 Å². The number of rotatable bonds is 5. The molecule has 0 aliphatic heterocycles. The van der Waals surface area contributed by atoms with Crippen LogP contribution in [0.4, 0.5) is 0 Å². The summed E-state index contributed by atoms with van der Waals surface area (Å²) in [5, 5.41) is 3.66. The molecule has 0 aliphatic rings. The van der Waals surface area contributed by atoms with Gasteiger partial charge in [-0.05, 0) is 41.5 Å². The average molecular weight is 431 g/mol. The van der Waals surface area contributed by atoms with Gasteiger partial charge < -0.3 is 9.88 Å². The van der Waals surface area contributed by atoms with Crippen molar-refractivity contribution in [1.82, 2.24) is 14.9 Å². The van der Waals surface area contributed by atoms with Gasteiger partial charge in [0.15, 0.2) is 0 Å². The molecule has 0 saturated carbocycles.